The molecule has 1 aliphatic rings. The molecule has 2 nitrogen and oxygen atoms in total. The Balaban J connectivity index is 1.74. The number of rotatable bonds is 2. The van der Waals surface area contributed by atoms with Gasteiger partial charge in [-0.25, -0.2) is 0 Å². The van der Waals surface area contributed by atoms with Gasteiger partial charge < -0.3 is 9.13 Å². The van der Waals surface area contributed by atoms with Crippen molar-refractivity contribution in [3.63, 3.8) is 0 Å². The van der Waals surface area contributed by atoms with Crippen molar-refractivity contribution in [3.05, 3.63) is 95.6 Å². The summed E-state index contributed by atoms with van der Waals surface area (Å²) in [6.07, 6.45) is 7.89. The standard InChI is InChI=1S/C26H19BrN2/c27-19-11-12-24-22(16-19)23-17-25-18(13-14-28(25)20-7-3-1-4-8-20)15-26(23)29(24)21-9-5-2-6-10-21/h1-10,12-17,19H,11H2. The van der Waals surface area contributed by atoms with Crippen molar-refractivity contribution in [2.75, 3.05) is 0 Å². The highest BCUT2D eigenvalue weighted by Gasteiger charge is 2.16. The number of hydrogen-bond donors (Lipinski definition) is 0. The second kappa shape index (κ2) is 6.50. The second-order valence-electron chi connectivity index (χ2n) is 7.54. The smallest absolute Gasteiger partial charge is 0.0548 e. The van der Waals surface area contributed by atoms with E-state index >= 15 is 0 Å². The van der Waals surface area contributed by atoms with Gasteiger partial charge in [0.25, 0.3) is 0 Å². The minimum atomic E-state index is 0.376. The average Bonchev–Trinajstić information content (AvgIpc) is 3.32. The molecule has 2 heterocycles. The van der Waals surface area contributed by atoms with Crippen molar-refractivity contribution in [2.45, 2.75) is 11.2 Å². The first-order valence-corrected chi connectivity index (χ1v) is 10.8. The third kappa shape index (κ3) is 2.61. The van der Waals surface area contributed by atoms with Crippen LogP contribution in [0.5, 0.6) is 0 Å². The number of aromatic nitrogens is 2. The monoisotopic (exact) mass is 438 g/mol. The van der Waals surface area contributed by atoms with Crippen molar-refractivity contribution in [1.29, 1.82) is 0 Å². The Kier molecular flexibility index (Phi) is 3.78. The maximum atomic E-state index is 3.80. The van der Waals surface area contributed by atoms with Crippen LogP contribution in [0.3, 0.4) is 0 Å². The zero-order chi connectivity index (χ0) is 19.4. The van der Waals surface area contributed by atoms with Gasteiger partial charge in [0, 0.05) is 43.7 Å². The van der Waals surface area contributed by atoms with Gasteiger partial charge in [-0.1, -0.05) is 64.5 Å². The van der Waals surface area contributed by atoms with Crippen LogP contribution >= 0.6 is 15.9 Å². The quantitative estimate of drug-likeness (QED) is 0.331. The van der Waals surface area contributed by atoms with E-state index in [2.05, 4.69) is 122 Å². The fourth-order valence-corrected chi connectivity index (χ4v) is 4.93. The molecule has 0 amide bonds. The maximum absolute atomic E-state index is 3.80. The number of alkyl halides is 1. The van der Waals surface area contributed by atoms with Crippen LogP contribution in [0.15, 0.2) is 85.1 Å². The summed E-state index contributed by atoms with van der Waals surface area (Å²) in [6, 6.07) is 28.1. The Hall–Kier alpha value is -3.04. The van der Waals surface area contributed by atoms with Gasteiger partial charge in [0.1, 0.15) is 0 Å². The molecule has 140 valence electrons. The minimum absolute atomic E-state index is 0.376. The molecule has 6 rings (SSSR count). The Morgan fingerprint density at radius 1 is 0.793 bits per heavy atom. The summed E-state index contributed by atoms with van der Waals surface area (Å²) in [5.41, 5.74) is 4.89. The van der Waals surface area contributed by atoms with E-state index in [9.17, 15) is 0 Å². The molecule has 0 saturated heterocycles. The summed E-state index contributed by atoms with van der Waals surface area (Å²) in [7, 11) is 0. The lowest BCUT2D eigenvalue weighted by Gasteiger charge is -2.09. The van der Waals surface area contributed by atoms with Crippen LogP contribution in [-0.2, 0) is 0 Å². The van der Waals surface area contributed by atoms with Crippen LogP contribution in [0.25, 0.3) is 45.3 Å². The topological polar surface area (TPSA) is 9.86 Å². The Bertz CT molecular complexity index is 1470. The molecular weight excluding hydrogens is 420 g/mol. The number of para-hydroxylation sites is 2. The number of benzene rings is 3. The molecule has 1 aliphatic carbocycles. The van der Waals surface area contributed by atoms with E-state index in [1.165, 1.54) is 43.7 Å². The third-order valence-electron chi connectivity index (χ3n) is 5.79. The van der Waals surface area contributed by atoms with Crippen molar-refractivity contribution in [3.8, 4) is 11.4 Å². The van der Waals surface area contributed by atoms with E-state index in [0.717, 1.165) is 6.42 Å². The van der Waals surface area contributed by atoms with Gasteiger partial charge in [0.2, 0.25) is 0 Å². The Morgan fingerprint density at radius 2 is 1.52 bits per heavy atom. The predicted octanol–water partition coefficient (Wildman–Crippen LogP) is 5.30. The Labute approximate surface area is 177 Å². The first kappa shape index (κ1) is 16.9. The van der Waals surface area contributed by atoms with Crippen molar-refractivity contribution in [1.82, 2.24) is 9.13 Å². The van der Waals surface area contributed by atoms with Gasteiger partial charge in [-0.3, -0.25) is 0 Å². The highest BCUT2D eigenvalue weighted by molar-refractivity contribution is 9.09. The molecule has 1 atom stereocenters. The molecule has 29 heavy (non-hydrogen) atoms. The van der Waals surface area contributed by atoms with E-state index in [1.807, 2.05) is 0 Å². The van der Waals surface area contributed by atoms with Crippen LogP contribution in [0.4, 0.5) is 0 Å². The van der Waals surface area contributed by atoms with Crippen molar-refractivity contribution >= 4 is 49.9 Å². The van der Waals surface area contributed by atoms with Crippen LogP contribution in [0.1, 0.15) is 6.42 Å². The van der Waals surface area contributed by atoms with Gasteiger partial charge in [-0.05, 0) is 48.9 Å². The molecule has 2 aromatic heterocycles. The van der Waals surface area contributed by atoms with Crippen LogP contribution in [0, 0.1) is 0 Å². The molecule has 3 heteroatoms. The van der Waals surface area contributed by atoms with Gasteiger partial charge >= 0.3 is 0 Å². The first-order valence-electron chi connectivity index (χ1n) is 9.92. The highest BCUT2D eigenvalue weighted by atomic mass is 79.9. The van der Waals surface area contributed by atoms with Crippen molar-refractivity contribution in [2.24, 2.45) is 0 Å². The summed E-state index contributed by atoms with van der Waals surface area (Å²) < 4.78 is 4.68. The summed E-state index contributed by atoms with van der Waals surface area (Å²) in [4.78, 5) is 0.376. The average molecular weight is 439 g/mol. The van der Waals surface area contributed by atoms with E-state index < -0.39 is 0 Å². The molecule has 1 unspecified atom stereocenters. The largest absolute Gasteiger partial charge is 0.317 e. The number of fused-ring (bicyclic) bond motifs is 4. The van der Waals surface area contributed by atoms with E-state index in [-0.39, 0.29) is 0 Å². The second-order valence-corrected chi connectivity index (χ2v) is 8.72. The molecule has 0 saturated carbocycles. The summed E-state index contributed by atoms with van der Waals surface area (Å²) in [5, 5.41) is 5.16. The fraction of sp³-hybridized carbons (Fsp3) is 0.0769. The zero-order valence-electron chi connectivity index (χ0n) is 15.8. The molecule has 0 bridgehead atoms. The minimum Gasteiger partial charge on any atom is -0.317 e. The third-order valence-corrected chi connectivity index (χ3v) is 6.43. The lowest BCUT2D eigenvalue weighted by atomic mass is 10.1. The van der Waals surface area contributed by atoms with E-state index in [1.54, 1.807) is 0 Å². The summed E-state index contributed by atoms with van der Waals surface area (Å²) in [5.74, 6) is 0. The Morgan fingerprint density at radius 3 is 2.28 bits per heavy atom. The molecule has 0 aliphatic heterocycles. The summed E-state index contributed by atoms with van der Waals surface area (Å²) >= 11 is 3.80. The molecule has 0 radical (unpaired) electrons. The number of halogens is 1. The van der Waals surface area contributed by atoms with Gasteiger partial charge in [-0.15, -0.1) is 0 Å². The fourth-order valence-electron chi connectivity index (χ4n) is 4.48. The van der Waals surface area contributed by atoms with Gasteiger partial charge in [0.05, 0.1) is 11.0 Å². The van der Waals surface area contributed by atoms with Gasteiger partial charge in [-0.2, -0.15) is 0 Å². The number of nitrogens with zero attached hydrogens (tertiary/aromatic N) is 2. The molecule has 0 N–H and O–H groups in total. The first-order chi connectivity index (χ1) is 14.3. The lowest BCUT2D eigenvalue weighted by Crippen LogP contribution is -2.32. The lowest BCUT2D eigenvalue weighted by molar-refractivity contribution is 1.03. The molecule has 0 spiro atoms. The molecule has 5 aromatic rings. The van der Waals surface area contributed by atoms with Crippen LogP contribution < -0.4 is 10.6 Å². The molecule has 0 fully saturated rings. The maximum Gasteiger partial charge on any atom is 0.0548 e. The van der Waals surface area contributed by atoms with Gasteiger partial charge in [0.15, 0.2) is 0 Å². The van der Waals surface area contributed by atoms with E-state index in [0.29, 0.717) is 4.83 Å². The zero-order valence-corrected chi connectivity index (χ0v) is 17.4. The van der Waals surface area contributed by atoms with Crippen molar-refractivity contribution < 1.29 is 0 Å². The van der Waals surface area contributed by atoms with E-state index in [4.69, 9.17) is 0 Å². The highest BCUT2D eigenvalue weighted by Crippen LogP contribution is 2.27. The van der Waals surface area contributed by atoms with Crippen LogP contribution in [0.2, 0.25) is 0 Å². The molecule has 3 aromatic carbocycles. The van der Waals surface area contributed by atoms with Crippen LogP contribution in [-0.4, -0.2) is 14.0 Å². The number of hydrogen-bond acceptors (Lipinski definition) is 0. The SMILES string of the molecule is BrC1C=c2c(n(-c3ccccc3)c3cc4ccn(-c5ccccc5)c4cc23)=CC1. The predicted molar refractivity (Wildman–Crippen MR) is 126 cm³/mol. The molecular formula is C26H19BrN2. The normalized spacial score (nSPS) is 15.8. The summed E-state index contributed by atoms with van der Waals surface area (Å²) in [6.45, 7) is 0.